The fraction of sp³-hybridized carbons (Fsp3) is 0.450. The standard InChI is InChI=1S/C20H24N4O2S/c1-12-5-4-8-21-19(12)26-15-6-9-24(10-7-15)11-16-22-18(25)17-13(2)14(3)27-20(17)23-16/h4-5,8,15H,6-7,9-11H2,1-3H3,(H,22,23,25). The Hall–Kier alpha value is -2.25. The van der Waals surface area contributed by atoms with E-state index in [1.54, 1.807) is 17.5 Å². The number of aromatic nitrogens is 3. The van der Waals surface area contributed by atoms with Crippen LogP contribution in [-0.2, 0) is 6.54 Å². The SMILES string of the molecule is Cc1cccnc1OC1CCN(Cc2nc3sc(C)c(C)c3c(=O)[nH]2)CC1. The largest absolute Gasteiger partial charge is 0.474 e. The van der Waals surface area contributed by atoms with E-state index >= 15 is 0 Å². The van der Waals surface area contributed by atoms with Crippen LogP contribution in [0.4, 0.5) is 0 Å². The van der Waals surface area contributed by atoms with Crippen LogP contribution in [0.25, 0.3) is 10.2 Å². The van der Waals surface area contributed by atoms with Crippen LogP contribution in [0.15, 0.2) is 23.1 Å². The highest BCUT2D eigenvalue weighted by atomic mass is 32.1. The average molecular weight is 385 g/mol. The second-order valence-corrected chi connectivity index (χ2v) is 8.40. The van der Waals surface area contributed by atoms with Gasteiger partial charge in [0.1, 0.15) is 16.8 Å². The summed E-state index contributed by atoms with van der Waals surface area (Å²) < 4.78 is 6.07. The van der Waals surface area contributed by atoms with Crippen molar-refractivity contribution in [3.63, 3.8) is 0 Å². The Kier molecular flexibility index (Phi) is 4.97. The highest BCUT2D eigenvalue weighted by Gasteiger charge is 2.22. The number of pyridine rings is 1. The summed E-state index contributed by atoms with van der Waals surface area (Å²) >= 11 is 1.60. The highest BCUT2D eigenvalue weighted by molar-refractivity contribution is 7.18. The summed E-state index contributed by atoms with van der Waals surface area (Å²) in [7, 11) is 0. The van der Waals surface area contributed by atoms with Crippen LogP contribution in [0, 0.1) is 20.8 Å². The Balaban J connectivity index is 1.40. The van der Waals surface area contributed by atoms with Gasteiger partial charge in [0.15, 0.2) is 0 Å². The number of thiophene rings is 1. The smallest absolute Gasteiger partial charge is 0.259 e. The Labute approximate surface area is 162 Å². The number of fused-ring (bicyclic) bond motifs is 1. The molecule has 4 rings (SSSR count). The van der Waals surface area contributed by atoms with Crippen LogP contribution in [0.1, 0.15) is 34.7 Å². The predicted molar refractivity (Wildman–Crippen MR) is 108 cm³/mol. The minimum absolute atomic E-state index is 0.0271. The zero-order chi connectivity index (χ0) is 19.0. The second kappa shape index (κ2) is 7.40. The van der Waals surface area contributed by atoms with Crippen molar-refractivity contribution in [2.45, 2.75) is 46.3 Å². The van der Waals surface area contributed by atoms with Crippen molar-refractivity contribution in [1.29, 1.82) is 0 Å². The number of piperidine rings is 1. The molecule has 0 unspecified atom stereocenters. The summed E-state index contributed by atoms with van der Waals surface area (Å²) in [6.07, 6.45) is 3.84. The van der Waals surface area contributed by atoms with Gasteiger partial charge in [0.05, 0.1) is 11.9 Å². The molecule has 7 heteroatoms. The summed E-state index contributed by atoms with van der Waals surface area (Å²) in [5.74, 6) is 1.48. The Morgan fingerprint density at radius 2 is 2.07 bits per heavy atom. The molecule has 0 spiro atoms. The van der Waals surface area contributed by atoms with Crippen LogP contribution in [0.2, 0.25) is 0 Å². The number of hydrogen-bond acceptors (Lipinski definition) is 6. The summed E-state index contributed by atoms with van der Waals surface area (Å²) in [5.41, 5.74) is 2.08. The van der Waals surface area contributed by atoms with Crippen LogP contribution in [0.5, 0.6) is 5.88 Å². The number of aryl methyl sites for hydroxylation is 3. The molecule has 1 fully saturated rings. The van der Waals surface area contributed by atoms with Gasteiger partial charge in [0.2, 0.25) is 5.88 Å². The van der Waals surface area contributed by atoms with Gasteiger partial charge in [0.25, 0.3) is 5.56 Å². The summed E-state index contributed by atoms with van der Waals surface area (Å²) in [6, 6.07) is 3.94. The van der Waals surface area contributed by atoms with E-state index in [0.717, 1.165) is 63.9 Å². The maximum Gasteiger partial charge on any atom is 0.259 e. The van der Waals surface area contributed by atoms with Crippen molar-refractivity contribution >= 4 is 21.6 Å². The summed E-state index contributed by atoms with van der Waals surface area (Å²) in [4.78, 5) is 28.7. The maximum absolute atomic E-state index is 12.4. The lowest BCUT2D eigenvalue weighted by atomic mass is 10.1. The quantitative estimate of drug-likeness (QED) is 0.747. The number of H-pyrrole nitrogens is 1. The van der Waals surface area contributed by atoms with Crippen molar-refractivity contribution < 1.29 is 4.74 Å². The van der Waals surface area contributed by atoms with Gasteiger partial charge in [-0.3, -0.25) is 9.69 Å². The third-order valence-corrected chi connectivity index (χ3v) is 6.34. The predicted octanol–water partition coefficient (Wildman–Crippen LogP) is 3.35. The van der Waals surface area contributed by atoms with Gasteiger partial charge in [-0.05, 0) is 45.2 Å². The van der Waals surface area contributed by atoms with Gasteiger partial charge in [-0.1, -0.05) is 6.07 Å². The fourth-order valence-electron chi connectivity index (χ4n) is 3.52. The highest BCUT2D eigenvalue weighted by Crippen LogP contribution is 2.26. The number of nitrogens with zero attached hydrogens (tertiary/aromatic N) is 3. The third kappa shape index (κ3) is 3.75. The first-order valence-electron chi connectivity index (χ1n) is 9.31. The van der Waals surface area contributed by atoms with E-state index in [1.165, 1.54) is 0 Å². The summed E-state index contributed by atoms with van der Waals surface area (Å²) in [5, 5.41) is 0.735. The van der Waals surface area contributed by atoms with Gasteiger partial charge in [-0.15, -0.1) is 11.3 Å². The van der Waals surface area contributed by atoms with Crippen LogP contribution < -0.4 is 10.3 Å². The first-order chi connectivity index (χ1) is 13.0. The maximum atomic E-state index is 12.4. The van der Waals surface area contributed by atoms with Crippen LogP contribution in [-0.4, -0.2) is 39.0 Å². The fourth-order valence-corrected chi connectivity index (χ4v) is 4.57. The molecule has 0 radical (unpaired) electrons. The molecule has 6 nitrogen and oxygen atoms in total. The normalized spacial score (nSPS) is 16.1. The second-order valence-electron chi connectivity index (χ2n) is 7.19. The van der Waals surface area contributed by atoms with E-state index in [9.17, 15) is 4.79 Å². The van der Waals surface area contributed by atoms with Gasteiger partial charge in [0, 0.05) is 29.7 Å². The first kappa shape index (κ1) is 18.1. The van der Waals surface area contributed by atoms with Crippen molar-refractivity contribution in [2.75, 3.05) is 13.1 Å². The molecule has 1 aliphatic rings. The molecule has 1 aliphatic heterocycles. The van der Waals surface area contributed by atoms with E-state index < -0.39 is 0 Å². The molecule has 0 aliphatic carbocycles. The molecule has 0 amide bonds. The molecule has 142 valence electrons. The lowest BCUT2D eigenvalue weighted by Crippen LogP contribution is -2.38. The third-order valence-electron chi connectivity index (χ3n) is 5.24. The van der Waals surface area contributed by atoms with Gasteiger partial charge < -0.3 is 9.72 Å². The van der Waals surface area contributed by atoms with Crippen LogP contribution >= 0.6 is 11.3 Å². The molecule has 0 atom stereocenters. The topological polar surface area (TPSA) is 71.1 Å². The Bertz CT molecular complexity index is 1020. The lowest BCUT2D eigenvalue weighted by molar-refractivity contribution is 0.0913. The van der Waals surface area contributed by atoms with E-state index in [2.05, 4.69) is 14.9 Å². The molecule has 4 heterocycles. The van der Waals surface area contributed by atoms with Crippen molar-refractivity contribution in [3.05, 3.63) is 50.5 Å². The lowest BCUT2D eigenvalue weighted by Gasteiger charge is -2.31. The molecular formula is C20H24N4O2S. The van der Waals surface area contributed by atoms with Crippen molar-refractivity contribution in [2.24, 2.45) is 0 Å². The number of aromatic amines is 1. The van der Waals surface area contributed by atoms with Crippen molar-refractivity contribution in [1.82, 2.24) is 19.9 Å². The summed E-state index contributed by atoms with van der Waals surface area (Å²) in [6.45, 7) is 8.54. The van der Waals surface area contributed by atoms with Gasteiger partial charge in [-0.2, -0.15) is 0 Å². The van der Waals surface area contributed by atoms with E-state index in [4.69, 9.17) is 9.72 Å². The average Bonchev–Trinajstić information content (AvgIpc) is 2.93. The van der Waals surface area contributed by atoms with Crippen molar-refractivity contribution in [3.8, 4) is 5.88 Å². The monoisotopic (exact) mass is 384 g/mol. The number of likely N-dealkylation sites (tertiary alicyclic amines) is 1. The van der Waals surface area contributed by atoms with Gasteiger partial charge >= 0.3 is 0 Å². The minimum atomic E-state index is -0.0271. The molecule has 0 bridgehead atoms. The molecule has 3 aromatic rings. The number of rotatable bonds is 4. The number of nitrogens with one attached hydrogen (secondary N) is 1. The minimum Gasteiger partial charge on any atom is -0.474 e. The molecule has 1 N–H and O–H groups in total. The zero-order valence-corrected chi connectivity index (χ0v) is 16.7. The van der Waals surface area contributed by atoms with E-state index in [0.29, 0.717) is 6.54 Å². The van der Waals surface area contributed by atoms with E-state index in [1.807, 2.05) is 32.9 Å². The Morgan fingerprint density at radius 3 is 2.81 bits per heavy atom. The molecule has 1 saturated heterocycles. The molecular weight excluding hydrogens is 360 g/mol. The molecule has 0 saturated carbocycles. The van der Waals surface area contributed by atoms with Gasteiger partial charge in [-0.25, -0.2) is 9.97 Å². The van der Waals surface area contributed by atoms with E-state index in [-0.39, 0.29) is 11.7 Å². The molecule has 27 heavy (non-hydrogen) atoms. The first-order valence-corrected chi connectivity index (χ1v) is 10.1. The molecule has 0 aromatic carbocycles. The number of ether oxygens (including phenoxy) is 1. The number of hydrogen-bond donors (Lipinski definition) is 1. The zero-order valence-electron chi connectivity index (χ0n) is 15.9. The Morgan fingerprint density at radius 1 is 1.30 bits per heavy atom. The van der Waals surface area contributed by atoms with Crippen LogP contribution in [0.3, 0.4) is 0 Å². The molecule has 3 aromatic heterocycles.